The maximum Gasteiger partial charge on any atom is 0.326 e. The molecule has 0 saturated carbocycles. The number of nitrogen functional groups attached to an aromatic ring is 1. The van der Waals surface area contributed by atoms with Gasteiger partial charge in [0.15, 0.2) is 17.3 Å². The monoisotopic (exact) mass is 927 g/mol. The highest BCUT2D eigenvalue weighted by molar-refractivity contribution is 6.02. The van der Waals surface area contributed by atoms with Crippen LogP contribution in [-0.2, 0) is 25.6 Å². The Hall–Kier alpha value is -7.03. The number of carbonyl (C=O) groups is 5. The molecular formula is C47H61N9O11. The Balaban J connectivity index is 1.49. The van der Waals surface area contributed by atoms with Crippen LogP contribution in [0.2, 0.25) is 0 Å². The number of phenolic OH excluding ortho intramolecular Hbond substituents is 1. The lowest BCUT2D eigenvalue weighted by Crippen LogP contribution is -2.53. The molecule has 0 spiro atoms. The number of carbonyl (C=O) groups excluding carboxylic acids is 4. The number of nitrogens with one attached hydrogen (secondary N) is 3. The zero-order valence-electron chi connectivity index (χ0n) is 38.6. The highest BCUT2D eigenvalue weighted by Gasteiger charge is 2.35. The van der Waals surface area contributed by atoms with Gasteiger partial charge in [-0.15, -0.1) is 0 Å². The van der Waals surface area contributed by atoms with E-state index in [1.54, 1.807) is 37.3 Å². The van der Waals surface area contributed by atoms with Crippen LogP contribution in [0.4, 0.5) is 5.82 Å². The number of rotatable bonds is 17. The molecule has 67 heavy (non-hydrogen) atoms. The number of nitrogens with two attached hydrogens (primary N) is 3. The minimum atomic E-state index is -1.56. The molecule has 12 N–H and O–H groups in total. The van der Waals surface area contributed by atoms with E-state index < -0.39 is 66.1 Å². The lowest BCUT2D eigenvalue weighted by molar-refractivity contribution is -0.142. The van der Waals surface area contributed by atoms with Crippen LogP contribution in [-0.4, -0.2) is 124 Å². The van der Waals surface area contributed by atoms with Crippen LogP contribution < -0.4 is 47.4 Å². The van der Waals surface area contributed by atoms with Crippen molar-refractivity contribution in [3.8, 4) is 45.5 Å². The molecule has 4 aromatic rings. The molecule has 0 saturated heterocycles. The summed E-state index contributed by atoms with van der Waals surface area (Å²) in [6, 6.07) is 10.2. The molecule has 4 bridgehead atoms. The van der Waals surface area contributed by atoms with Gasteiger partial charge >= 0.3 is 5.97 Å². The summed E-state index contributed by atoms with van der Waals surface area (Å²) in [6.07, 6.45) is -0.0332. The van der Waals surface area contributed by atoms with E-state index in [0.29, 0.717) is 29.9 Å². The molecule has 3 aromatic carbocycles. The van der Waals surface area contributed by atoms with Gasteiger partial charge in [0.25, 0.3) is 5.91 Å². The van der Waals surface area contributed by atoms with Gasteiger partial charge in [-0.05, 0) is 98.3 Å². The van der Waals surface area contributed by atoms with Crippen molar-refractivity contribution in [1.29, 1.82) is 0 Å². The molecule has 20 heteroatoms. The molecule has 0 fully saturated rings. The van der Waals surface area contributed by atoms with Gasteiger partial charge in [-0.25, -0.2) is 14.8 Å². The van der Waals surface area contributed by atoms with E-state index in [-0.39, 0.29) is 89.2 Å². The molecular weight excluding hydrogens is 867 g/mol. The number of carboxylic acid groups (broad SMARTS) is 1. The number of fused-ring (bicyclic) bond motifs is 5. The Kier molecular flexibility index (Phi) is 17.1. The number of aliphatic carboxylic acids is 1. The van der Waals surface area contributed by atoms with E-state index in [2.05, 4.69) is 46.7 Å². The van der Waals surface area contributed by atoms with Crippen LogP contribution in [0.5, 0.6) is 23.0 Å². The first-order chi connectivity index (χ1) is 31.7. The highest BCUT2D eigenvalue weighted by atomic mass is 16.5. The van der Waals surface area contributed by atoms with E-state index in [0.717, 1.165) is 11.3 Å². The summed E-state index contributed by atoms with van der Waals surface area (Å²) in [5.41, 5.74) is 19.3. The molecule has 360 valence electrons. The molecule has 20 nitrogen and oxygen atoms in total. The Morgan fingerprint density at radius 2 is 1.66 bits per heavy atom. The zero-order chi connectivity index (χ0) is 49.2. The molecule has 4 amide bonds. The number of aliphatic hydroxyl groups excluding tert-OH is 1. The Morgan fingerprint density at radius 1 is 0.940 bits per heavy atom. The van der Waals surface area contributed by atoms with Gasteiger partial charge in [0.1, 0.15) is 53.7 Å². The zero-order valence-corrected chi connectivity index (χ0v) is 38.6. The molecule has 0 unspecified atom stereocenters. The molecule has 2 heterocycles. The summed E-state index contributed by atoms with van der Waals surface area (Å²) < 4.78 is 17.8. The second kappa shape index (κ2) is 22.4. The van der Waals surface area contributed by atoms with Crippen molar-refractivity contribution in [1.82, 2.24) is 30.8 Å². The number of aryl methyl sites for hydroxylation is 1. The third kappa shape index (κ3) is 13.3. The van der Waals surface area contributed by atoms with Crippen molar-refractivity contribution >= 4 is 35.4 Å². The largest absolute Gasteiger partial charge is 0.504 e. The number of phenols is 1. The van der Waals surface area contributed by atoms with Gasteiger partial charge in [0.05, 0.1) is 25.5 Å². The summed E-state index contributed by atoms with van der Waals surface area (Å²) in [4.78, 5) is 77.9. The Bertz CT molecular complexity index is 2420. The number of hydrogen-bond acceptors (Lipinski definition) is 15. The SMILES string of the molecule is Cc1nc(-c2ccc(OCCC(C)(C)C)cc2)nc(N)c1C(=O)NCC(=O)N(C)[C@@H]1C(=O)N[C@@H](C)C(=O)N[C@H](C(=O)O)Cc2ccc(OC[C@H](O)CN)c(c2)-c2cc1cc(OCCCN)c2O. The first kappa shape index (κ1) is 51.0. The van der Waals surface area contributed by atoms with E-state index in [1.807, 2.05) is 0 Å². The summed E-state index contributed by atoms with van der Waals surface area (Å²) in [5.74, 6) is -4.20. The number of aliphatic hydroxyl groups is 1. The van der Waals surface area contributed by atoms with Gasteiger partial charge in [0.2, 0.25) is 17.7 Å². The number of ether oxygens (including phenoxy) is 3. The number of likely N-dealkylation sites (N-methyl/N-ethyl adjacent to an activating group) is 1. The Labute approximate surface area is 388 Å². The maximum atomic E-state index is 14.4. The number of aromatic nitrogens is 2. The summed E-state index contributed by atoms with van der Waals surface area (Å²) >= 11 is 0. The fraction of sp³-hybridized carbons (Fsp3) is 0.426. The maximum absolute atomic E-state index is 14.4. The highest BCUT2D eigenvalue weighted by Crippen LogP contribution is 2.44. The summed E-state index contributed by atoms with van der Waals surface area (Å²) in [7, 11) is 1.30. The van der Waals surface area contributed by atoms with Gasteiger partial charge in [-0.3, -0.25) is 19.2 Å². The van der Waals surface area contributed by atoms with Crippen LogP contribution in [0.3, 0.4) is 0 Å². The van der Waals surface area contributed by atoms with Crippen LogP contribution >= 0.6 is 0 Å². The normalized spacial score (nSPS) is 16.7. The third-order valence-electron chi connectivity index (χ3n) is 10.9. The van der Waals surface area contributed by atoms with Gasteiger partial charge in [-0.2, -0.15) is 0 Å². The second-order valence-electron chi connectivity index (χ2n) is 17.4. The molecule has 0 aliphatic carbocycles. The van der Waals surface area contributed by atoms with Crippen LogP contribution in [0, 0.1) is 12.3 Å². The van der Waals surface area contributed by atoms with Gasteiger partial charge in [-0.1, -0.05) is 26.8 Å². The van der Waals surface area contributed by atoms with E-state index >= 15 is 0 Å². The van der Waals surface area contributed by atoms with Crippen molar-refractivity contribution in [3.63, 3.8) is 0 Å². The average Bonchev–Trinajstić information content (AvgIpc) is 3.27. The van der Waals surface area contributed by atoms with E-state index in [4.69, 9.17) is 31.4 Å². The molecule has 0 radical (unpaired) electrons. The van der Waals surface area contributed by atoms with Gasteiger partial charge in [0, 0.05) is 36.7 Å². The van der Waals surface area contributed by atoms with Crippen molar-refractivity contribution < 1.29 is 53.5 Å². The van der Waals surface area contributed by atoms with E-state index in [9.17, 15) is 39.3 Å². The van der Waals surface area contributed by atoms with E-state index in [1.165, 1.54) is 38.2 Å². The quantitative estimate of drug-likeness (QED) is 0.0686. The van der Waals surface area contributed by atoms with Crippen molar-refractivity contribution in [3.05, 3.63) is 77.0 Å². The third-order valence-corrected chi connectivity index (χ3v) is 10.9. The fourth-order valence-corrected chi connectivity index (χ4v) is 7.00. The predicted octanol–water partition coefficient (Wildman–Crippen LogP) is 2.21. The molecule has 1 aliphatic heterocycles. The van der Waals surface area contributed by atoms with Crippen LogP contribution in [0.25, 0.3) is 22.5 Å². The summed E-state index contributed by atoms with van der Waals surface area (Å²) in [6.45, 7) is 9.13. The minimum Gasteiger partial charge on any atom is -0.504 e. The number of nitrogens with zero attached hydrogens (tertiary/aromatic N) is 3. The number of hydrogen-bond donors (Lipinski definition) is 9. The van der Waals surface area contributed by atoms with Crippen molar-refractivity contribution in [2.75, 3.05) is 52.2 Å². The first-order valence-corrected chi connectivity index (χ1v) is 21.8. The number of amides is 4. The lowest BCUT2D eigenvalue weighted by atomic mass is 9.93. The second-order valence-corrected chi connectivity index (χ2v) is 17.4. The minimum absolute atomic E-state index is 0.0422. The number of aromatic hydroxyl groups is 1. The molecule has 1 aliphatic rings. The molecule has 4 atom stereocenters. The average molecular weight is 928 g/mol. The first-order valence-electron chi connectivity index (χ1n) is 21.8. The van der Waals surface area contributed by atoms with Gasteiger partial charge < -0.3 is 67.6 Å². The Morgan fingerprint density at radius 3 is 2.30 bits per heavy atom. The standard InChI is InChI=1S/C47H61N9O11/c1-25-38(41(50)55-42(52-25)28-9-11-31(12-10-28)65-17-14-47(3,4)5)44(61)51-23-37(58)56(6)39-29-20-33(40(59)36(21-29)66-16-7-15-48)32-18-27(8-13-35(32)67-24-30(57)22-49)19-34(46(63)64)54-43(60)26(2)53-45(39)62/h8-13,18,20-21,26,30,34,39,57,59H,7,14-17,19,22-24,48-49H2,1-6H3,(H,51,61)(H,53,62)(H,54,60)(H,63,64)(H2,50,52,55)/t26-,30+,34-,39-/m0/s1. The van der Waals surface area contributed by atoms with Crippen molar-refractivity contribution in [2.45, 2.75) is 78.1 Å². The topological polar surface area (TPSA) is 317 Å². The fourth-order valence-electron chi connectivity index (χ4n) is 7.00. The number of anilines is 1. The molecule has 5 rings (SSSR count). The number of benzene rings is 3. The lowest BCUT2D eigenvalue weighted by Gasteiger charge is -2.30. The van der Waals surface area contributed by atoms with Crippen LogP contribution in [0.15, 0.2) is 54.6 Å². The van der Waals surface area contributed by atoms with Crippen LogP contribution in [0.1, 0.15) is 73.8 Å². The number of carboxylic acids is 1. The summed E-state index contributed by atoms with van der Waals surface area (Å²) in [5, 5.41) is 39.7. The van der Waals surface area contributed by atoms with Crippen molar-refractivity contribution in [2.24, 2.45) is 16.9 Å². The predicted molar refractivity (Wildman–Crippen MR) is 248 cm³/mol. The smallest absolute Gasteiger partial charge is 0.326 e. The molecule has 1 aromatic heterocycles.